The molecule has 4 rings (SSSR count). The molecule has 0 saturated carbocycles. The minimum atomic E-state index is -3.08. The predicted octanol–water partition coefficient (Wildman–Crippen LogP) is 2.79. The molecule has 2 aromatic heterocycles. The van der Waals surface area contributed by atoms with Crippen molar-refractivity contribution in [2.24, 2.45) is 0 Å². The zero-order chi connectivity index (χ0) is 20.4. The van der Waals surface area contributed by atoms with E-state index in [2.05, 4.69) is 10.4 Å². The number of sulfone groups is 1. The van der Waals surface area contributed by atoms with Gasteiger partial charge in [0.2, 0.25) is 0 Å². The highest BCUT2D eigenvalue weighted by atomic mass is 35.5. The molecule has 7 nitrogen and oxygen atoms in total. The first kappa shape index (κ1) is 19.7. The van der Waals surface area contributed by atoms with Crippen molar-refractivity contribution < 1.29 is 13.2 Å². The van der Waals surface area contributed by atoms with E-state index in [0.717, 1.165) is 5.56 Å². The third-order valence-electron chi connectivity index (χ3n) is 4.98. The van der Waals surface area contributed by atoms with Gasteiger partial charge in [0, 0.05) is 30.5 Å². The van der Waals surface area contributed by atoms with Gasteiger partial charge in [-0.2, -0.15) is 5.10 Å². The molecule has 1 aromatic carbocycles. The summed E-state index contributed by atoms with van der Waals surface area (Å²) in [6.45, 7) is 1.12. The summed E-state index contributed by atoms with van der Waals surface area (Å²) in [4.78, 5) is 12.6. The fourth-order valence-corrected chi connectivity index (χ4v) is 5.31. The largest absolute Gasteiger partial charge is 0.353 e. The Morgan fingerprint density at radius 1 is 1.21 bits per heavy atom. The Morgan fingerprint density at radius 3 is 2.59 bits per heavy atom. The summed E-state index contributed by atoms with van der Waals surface area (Å²) in [6.07, 6.45) is 4.35. The monoisotopic (exact) mass is 432 g/mol. The van der Waals surface area contributed by atoms with E-state index >= 15 is 0 Å². The van der Waals surface area contributed by atoms with E-state index in [0.29, 0.717) is 30.2 Å². The number of carbonyl (C=O) groups is 1. The van der Waals surface area contributed by atoms with Crippen molar-refractivity contribution in [2.75, 3.05) is 18.1 Å². The van der Waals surface area contributed by atoms with E-state index in [1.807, 2.05) is 41.2 Å². The molecule has 0 aliphatic carbocycles. The summed E-state index contributed by atoms with van der Waals surface area (Å²) >= 11 is 5.99. The Bertz CT molecular complexity index is 1110. The SMILES string of the molecule is O=C(NCCn1cccc1)c1cc(-c2ccc(Cl)cc2)n([C@@H]2CCS(=O)(=O)C2)n1. The zero-order valence-electron chi connectivity index (χ0n) is 15.7. The van der Waals surface area contributed by atoms with Gasteiger partial charge in [0.05, 0.1) is 23.2 Å². The summed E-state index contributed by atoms with van der Waals surface area (Å²) in [5.41, 5.74) is 1.81. The molecule has 0 spiro atoms. The predicted molar refractivity (Wildman–Crippen MR) is 112 cm³/mol. The first-order chi connectivity index (χ1) is 13.9. The molecule has 1 aliphatic rings. The maximum Gasteiger partial charge on any atom is 0.271 e. The van der Waals surface area contributed by atoms with Crippen LogP contribution < -0.4 is 5.32 Å². The zero-order valence-corrected chi connectivity index (χ0v) is 17.2. The molecule has 29 heavy (non-hydrogen) atoms. The summed E-state index contributed by atoms with van der Waals surface area (Å²) in [5, 5.41) is 7.95. The lowest BCUT2D eigenvalue weighted by Crippen LogP contribution is -2.27. The Balaban J connectivity index is 1.58. The van der Waals surface area contributed by atoms with Gasteiger partial charge in [0.15, 0.2) is 15.5 Å². The molecular weight excluding hydrogens is 412 g/mol. The van der Waals surface area contributed by atoms with Crippen molar-refractivity contribution in [1.82, 2.24) is 19.7 Å². The summed E-state index contributed by atoms with van der Waals surface area (Å²) in [6, 6.07) is 12.5. The molecule has 0 radical (unpaired) electrons. The molecule has 9 heteroatoms. The highest BCUT2D eigenvalue weighted by molar-refractivity contribution is 7.91. The average Bonchev–Trinajstić information content (AvgIpc) is 3.42. The van der Waals surface area contributed by atoms with Crippen LogP contribution >= 0.6 is 11.6 Å². The van der Waals surface area contributed by atoms with E-state index in [1.165, 1.54) is 0 Å². The molecule has 1 fully saturated rings. The molecule has 1 amide bonds. The summed E-state index contributed by atoms with van der Waals surface area (Å²) in [7, 11) is -3.08. The van der Waals surface area contributed by atoms with Crippen molar-refractivity contribution >= 4 is 27.3 Å². The van der Waals surface area contributed by atoms with E-state index in [-0.39, 0.29) is 29.1 Å². The maximum absolute atomic E-state index is 12.6. The van der Waals surface area contributed by atoms with Crippen molar-refractivity contribution in [3.63, 3.8) is 0 Å². The molecule has 3 aromatic rings. The fourth-order valence-electron chi connectivity index (χ4n) is 3.50. The highest BCUT2D eigenvalue weighted by Crippen LogP contribution is 2.30. The topological polar surface area (TPSA) is 86.0 Å². The standard InChI is InChI=1S/C20H21ClN4O3S/c21-16-5-3-15(4-6-16)19-13-18(20(26)22-8-11-24-9-1-2-10-24)23-25(19)17-7-12-29(27,28)14-17/h1-6,9-10,13,17H,7-8,11-12,14H2,(H,22,26)/t17-/m1/s1. The lowest BCUT2D eigenvalue weighted by molar-refractivity contribution is 0.0946. The van der Waals surface area contributed by atoms with E-state index < -0.39 is 9.84 Å². The molecule has 0 unspecified atom stereocenters. The third kappa shape index (κ3) is 4.54. The van der Waals surface area contributed by atoms with Gasteiger partial charge in [0.25, 0.3) is 5.91 Å². The van der Waals surface area contributed by atoms with Crippen LogP contribution in [0.5, 0.6) is 0 Å². The Labute approximate surface area is 174 Å². The second kappa shape index (κ2) is 8.04. The van der Waals surface area contributed by atoms with Crippen LogP contribution in [0.2, 0.25) is 5.02 Å². The molecule has 3 heterocycles. The Hall–Kier alpha value is -2.58. The van der Waals surface area contributed by atoms with Crippen molar-refractivity contribution in [3.05, 3.63) is 65.6 Å². The number of hydrogen-bond donors (Lipinski definition) is 1. The molecular formula is C20H21ClN4O3S. The highest BCUT2D eigenvalue weighted by Gasteiger charge is 2.32. The Kier molecular flexibility index (Phi) is 5.47. The molecule has 1 N–H and O–H groups in total. The smallest absolute Gasteiger partial charge is 0.271 e. The van der Waals surface area contributed by atoms with Gasteiger partial charge in [-0.25, -0.2) is 8.42 Å². The van der Waals surface area contributed by atoms with Crippen LogP contribution in [0.15, 0.2) is 54.9 Å². The van der Waals surface area contributed by atoms with E-state index in [9.17, 15) is 13.2 Å². The van der Waals surface area contributed by atoms with Gasteiger partial charge in [-0.3, -0.25) is 9.48 Å². The number of benzene rings is 1. The van der Waals surface area contributed by atoms with Gasteiger partial charge in [-0.15, -0.1) is 0 Å². The number of aromatic nitrogens is 3. The van der Waals surface area contributed by atoms with Gasteiger partial charge in [0.1, 0.15) is 0 Å². The second-order valence-electron chi connectivity index (χ2n) is 7.10. The number of nitrogens with zero attached hydrogens (tertiary/aromatic N) is 3. The molecule has 1 atom stereocenters. The molecule has 1 aliphatic heterocycles. The van der Waals surface area contributed by atoms with Crippen molar-refractivity contribution in [2.45, 2.75) is 19.0 Å². The lowest BCUT2D eigenvalue weighted by Gasteiger charge is -2.13. The van der Waals surface area contributed by atoms with Crippen LogP contribution in [-0.2, 0) is 16.4 Å². The average molecular weight is 433 g/mol. The van der Waals surface area contributed by atoms with Gasteiger partial charge in [-0.05, 0) is 42.3 Å². The van der Waals surface area contributed by atoms with Crippen LogP contribution in [0.1, 0.15) is 23.0 Å². The van der Waals surface area contributed by atoms with Crippen molar-refractivity contribution in [1.29, 1.82) is 0 Å². The molecule has 0 bridgehead atoms. The van der Waals surface area contributed by atoms with Crippen LogP contribution in [-0.4, -0.2) is 46.7 Å². The second-order valence-corrected chi connectivity index (χ2v) is 9.77. The normalized spacial score (nSPS) is 18.0. The minimum absolute atomic E-state index is 0.0317. The van der Waals surface area contributed by atoms with Gasteiger partial charge >= 0.3 is 0 Å². The van der Waals surface area contributed by atoms with Crippen molar-refractivity contribution in [3.8, 4) is 11.3 Å². The fraction of sp³-hybridized carbons (Fsp3) is 0.300. The number of halogens is 1. The lowest BCUT2D eigenvalue weighted by atomic mass is 10.1. The summed E-state index contributed by atoms with van der Waals surface area (Å²) in [5.74, 6) is -0.119. The molecule has 152 valence electrons. The van der Waals surface area contributed by atoms with Crippen LogP contribution in [0.4, 0.5) is 0 Å². The number of carbonyl (C=O) groups excluding carboxylic acids is 1. The number of amides is 1. The van der Waals surface area contributed by atoms with Crippen LogP contribution in [0, 0.1) is 0 Å². The van der Waals surface area contributed by atoms with E-state index in [1.54, 1.807) is 22.9 Å². The molecule has 1 saturated heterocycles. The van der Waals surface area contributed by atoms with Crippen LogP contribution in [0.3, 0.4) is 0 Å². The van der Waals surface area contributed by atoms with Gasteiger partial charge < -0.3 is 9.88 Å². The number of hydrogen-bond acceptors (Lipinski definition) is 4. The van der Waals surface area contributed by atoms with Crippen LogP contribution in [0.25, 0.3) is 11.3 Å². The quantitative estimate of drug-likeness (QED) is 0.649. The number of rotatable bonds is 6. The maximum atomic E-state index is 12.6. The first-order valence-corrected chi connectivity index (χ1v) is 11.6. The third-order valence-corrected chi connectivity index (χ3v) is 6.99. The van der Waals surface area contributed by atoms with Gasteiger partial charge in [-0.1, -0.05) is 23.7 Å². The number of nitrogens with one attached hydrogen (secondary N) is 1. The minimum Gasteiger partial charge on any atom is -0.353 e. The first-order valence-electron chi connectivity index (χ1n) is 9.36. The van der Waals surface area contributed by atoms with E-state index in [4.69, 9.17) is 11.6 Å². The summed E-state index contributed by atoms with van der Waals surface area (Å²) < 4.78 is 27.6. The Morgan fingerprint density at radius 2 is 1.93 bits per heavy atom.